The van der Waals surface area contributed by atoms with Crippen molar-refractivity contribution in [2.45, 2.75) is 19.4 Å². The van der Waals surface area contributed by atoms with Crippen molar-refractivity contribution in [3.05, 3.63) is 105 Å². The topological polar surface area (TPSA) is 134 Å². The first-order valence-corrected chi connectivity index (χ1v) is 14.8. The third kappa shape index (κ3) is 6.19. The molecule has 1 saturated heterocycles. The molecule has 2 aromatic heterocycles. The van der Waals surface area contributed by atoms with Crippen LogP contribution in [-0.4, -0.2) is 88.1 Å². The van der Waals surface area contributed by atoms with E-state index in [2.05, 4.69) is 15.2 Å². The van der Waals surface area contributed by atoms with Gasteiger partial charge in [0.1, 0.15) is 16.9 Å². The fourth-order valence-electron chi connectivity index (χ4n) is 5.77. The molecule has 0 radical (unpaired) electrons. The molecule has 45 heavy (non-hydrogen) atoms. The maximum atomic E-state index is 13.9. The number of pyridine rings is 2. The highest BCUT2D eigenvalue weighted by molar-refractivity contribution is 6.21. The van der Waals surface area contributed by atoms with E-state index >= 15 is 0 Å². The van der Waals surface area contributed by atoms with Crippen molar-refractivity contribution in [2.75, 3.05) is 45.9 Å². The fraction of sp³-hybridized carbons (Fsp3) is 0.303. The molecule has 12 heteroatoms. The number of carbonyl (C=O) groups is 3. The predicted octanol–water partition coefficient (Wildman–Crippen LogP) is 2.58. The SMILES string of the molecule is O=C(NCCCN1CCOCC1)c1c(O)c2ncc(Cc3ccc(F)cc3)cc2n(CCN2C(=O)c3ccccc3C2=O)c1=O. The molecule has 0 aliphatic carbocycles. The van der Waals surface area contributed by atoms with Gasteiger partial charge in [0.05, 0.1) is 29.9 Å². The summed E-state index contributed by atoms with van der Waals surface area (Å²) in [6, 6.07) is 14.1. The third-order valence-electron chi connectivity index (χ3n) is 8.15. The molecule has 1 fully saturated rings. The number of imide groups is 1. The second-order valence-electron chi connectivity index (χ2n) is 11.1. The Bertz CT molecular complexity index is 1800. The summed E-state index contributed by atoms with van der Waals surface area (Å²) in [5, 5.41) is 13.9. The minimum atomic E-state index is -0.775. The molecule has 3 amide bonds. The average molecular weight is 614 g/mol. The number of rotatable bonds is 10. The molecule has 0 unspecified atom stereocenters. The van der Waals surface area contributed by atoms with E-state index in [0.717, 1.165) is 30.1 Å². The van der Waals surface area contributed by atoms with Crippen LogP contribution in [0.3, 0.4) is 0 Å². The first kappa shape index (κ1) is 30.1. The van der Waals surface area contributed by atoms with Gasteiger partial charge in [-0.2, -0.15) is 0 Å². The molecule has 2 aliphatic rings. The summed E-state index contributed by atoms with van der Waals surface area (Å²) in [7, 11) is 0. The fourth-order valence-corrected chi connectivity index (χ4v) is 5.77. The van der Waals surface area contributed by atoms with Crippen molar-refractivity contribution in [1.82, 2.24) is 24.7 Å². The molecule has 11 nitrogen and oxygen atoms in total. The zero-order chi connectivity index (χ0) is 31.5. The van der Waals surface area contributed by atoms with Crippen molar-refractivity contribution in [2.24, 2.45) is 0 Å². The van der Waals surface area contributed by atoms with E-state index in [1.165, 1.54) is 22.9 Å². The Morgan fingerprint density at radius 3 is 2.31 bits per heavy atom. The Morgan fingerprint density at radius 2 is 1.62 bits per heavy atom. The minimum Gasteiger partial charge on any atom is -0.505 e. The number of nitrogens with zero attached hydrogens (tertiary/aromatic N) is 4. The van der Waals surface area contributed by atoms with Crippen LogP contribution < -0.4 is 10.9 Å². The summed E-state index contributed by atoms with van der Waals surface area (Å²) < 4.78 is 20.1. The maximum Gasteiger partial charge on any atom is 0.267 e. The number of halogens is 1. The Labute approximate surface area is 257 Å². The number of morpholine rings is 1. The van der Waals surface area contributed by atoms with E-state index in [1.54, 1.807) is 42.5 Å². The Hall–Kier alpha value is -4.94. The quantitative estimate of drug-likeness (QED) is 0.206. The van der Waals surface area contributed by atoms with Gasteiger partial charge in [0.15, 0.2) is 5.75 Å². The number of ether oxygens (including phenoxy) is 1. The van der Waals surface area contributed by atoms with Gasteiger partial charge >= 0.3 is 0 Å². The van der Waals surface area contributed by atoms with Crippen molar-refractivity contribution in [3.8, 4) is 5.75 Å². The molecule has 2 aromatic carbocycles. The normalized spacial score (nSPS) is 15.1. The number of carbonyl (C=O) groups excluding carboxylic acids is 3. The van der Waals surface area contributed by atoms with Crippen LogP contribution in [0.5, 0.6) is 5.75 Å². The largest absolute Gasteiger partial charge is 0.505 e. The van der Waals surface area contributed by atoms with Gasteiger partial charge in [-0.25, -0.2) is 4.39 Å². The van der Waals surface area contributed by atoms with Gasteiger partial charge in [-0.3, -0.25) is 34.0 Å². The van der Waals surface area contributed by atoms with Crippen molar-refractivity contribution in [3.63, 3.8) is 0 Å². The van der Waals surface area contributed by atoms with E-state index in [0.29, 0.717) is 31.6 Å². The average Bonchev–Trinajstić information content (AvgIpc) is 3.29. The Balaban J connectivity index is 1.30. The van der Waals surface area contributed by atoms with Crippen LogP contribution in [0.4, 0.5) is 4.39 Å². The van der Waals surface area contributed by atoms with Crippen LogP contribution in [0.1, 0.15) is 48.6 Å². The second-order valence-corrected chi connectivity index (χ2v) is 11.1. The van der Waals surface area contributed by atoms with Gasteiger partial charge in [-0.05, 0) is 60.8 Å². The zero-order valence-electron chi connectivity index (χ0n) is 24.5. The number of fused-ring (bicyclic) bond motifs is 2. The number of benzene rings is 2. The summed E-state index contributed by atoms with van der Waals surface area (Å²) in [5.74, 6) is -2.60. The van der Waals surface area contributed by atoms with Gasteiger partial charge < -0.3 is 19.7 Å². The Kier molecular flexibility index (Phi) is 8.67. The summed E-state index contributed by atoms with van der Waals surface area (Å²) in [5.41, 5.74) is 1.06. The van der Waals surface area contributed by atoms with Crippen molar-refractivity contribution >= 4 is 28.8 Å². The molecular weight excluding hydrogens is 581 g/mol. The van der Waals surface area contributed by atoms with Crippen LogP contribution in [0.15, 0.2) is 65.6 Å². The summed E-state index contributed by atoms with van der Waals surface area (Å²) >= 11 is 0. The van der Waals surface area contributed by atoms with Crippen molar-refractivity contribution in [1.29, 1.82) is 0 Å². The highest BCUT2D eigenvalue weighted by Gasteiger charge is 2.35. The number of aromatic hydroxyl groups is 1. The first-order chi connectivity index (χ1) is 21.8. The standard InChI is InChI=1S/C33H32FN5O6/c34-23-8-6-21(7-9-23)18-22-19-26-28(36-20-22)29(40)27(30(41)35-10-3-11-37-14-16-45-17-15-37)33(44)38(26)12-13-39-31(42)24-4-1-2-5-25(24)32(39)43/h1-2,4-9,19-20,40H,3,10-18H2,(H,35,41). The van der Waals surface area contributed by atoms with E-state index in [4.69, 9.17) is 4.74 Å². The van der Waals surface area contributed by atoms with Crippen LogP contribution in [0.25, 0.3) is 11.0 Å². The number of hydrogen-bond donors (Lipinski definition) is 2. The molecule has 2 N–H and O–H groups in total. The van der Waals surface area contributed by atoms with Gasteiger partial charge in [0, 0.05) is 38.9 Å². The lowest BCUT2D eigenvalue weighted by atomic mass is 10.1. The van der Waals surface area contributed by atoms with E-state index < -0.39 is 34.6 Å². The summed E-state index contributed by atoms with van der Waals surface area (Å²) in [6.07, 6.45) is 2.52. The molecule has 0 saturated carbocycles. The van der Waals surface area contributed by atoms with E-state index in [-0.39, 0.29) is 47.6 Å². The molecule has 6 rings (SSSR count). The summed E-state index contributed by atoms with van der Waals surface area (Å²) in [6.45, 7) is 3.70. The molecule has 4 aromatic rings. The first-order valence-electron chi connectivity index (χ1n) is 14.8. The molecule has 4 heterocycles. The monoisotopic (exact) mass is 613 g/mol. The van der Waals surface area contributed by atoms with E-state index in [1.807, 2.05) is 0 Å². The third-order valence-corrected chi connectivity index (χ3v) is 8.15. The van der Waals surface area contributed by atoms with E-state index in [9.17, 15) is 28.7 Å². The number of hydrogen-bond acceptors (Lipinski definition) is 8. The zero-order valence-corrected chi connectivity index (χ0v) is 24.5. The Morgan fingerprint density at radius 1 is 0.933 bits per heavy atom. The smallest absolute Gasteiger partial charge is 0.267 e. The highest BCUT2D eigenvalue weighted by Crippen LogP contribution is 2.27. The number of nitrogens with one attached hydrogen (secondary N) is 1. The van der Waals surface area contributed by atoms with Crippen LogP contribution in [-0.2, 0) is 17.7 Å². The highest BCUT2D eigenvalue weighted by atomic mass is 19.1. The molecule has 0 bridgehead atoms. The van der Waals surface area contributed by atoms with Crippen LogP contribution in [0, 0.1) is 5.82 Å². The summed E-state index contributed by atoms with van der Waals surface area (Å²) in [4.78, 5) is 60.9. The predicted molar refractivity (Wildman–Crippen MR) is 163 cm³/mol. The molecule has 0 atom stereocenters. The van der Waals surface area contributed by atoms with Gasteiger partial charge in [0.2, 0.25) is 0 Å². The van der Waals surface area contributed by atoms with Gasteiger partial charge in [-0.15, -0.1) is 0 Å². The van der Waals surface area contributed by atoms with Crippen LogP contribution >= 0.6 is 0 Å². The number of aromatic nitrogens is 2. The molecule has 232 valence electrons. The van der Waals surface area contributed by atoms with Crippen molar-refractivity contribution < 1.29 is 28.6 Å². The van der Waals surface area contributed by atoms with Gasteiger partial charge in [0.25, 0.3) is 23.3 Å². The molecule has 0 spiro atoms. The lowest BCUT2D eigenvalue weighted by Crippen LogP contribution is -2.39. The second kappa shape index (κ2) is 13.0. The van der Waals surface area contributed by atoms with Gasteiger partial charge in [-0.1, -0.05) is 24.3 Å². The lowest BCUT2D eigenvalue weighted by molar-refractivity contribution is 0.0374. The minimum absolute atomic E-state index is 0.0262. The number of amides is 3. The maximum absolute atomic E-state index is 13.9. The lowest BCUT2D eigenvalue weighted by Gasteiger charge is -2.26. The van der Waals surface area contributed by atoms with Crippen LogP contribution in [0.2, 0.25) is 0 Å². The molecular formula is C33H32FN5O6. The molecule has 2 aliphatic heterocycles.